The fourth-order valence-corrected chi connectivity index (χ4v) is 1.03. The molecule has 8 nitrogen and oxygen atoms in total. The third-order valence-electron chi connectivity index (χ3n) is 1.80. The molecule has 0 spiro atoms. The van der Waals surface area contributed by atoms with Gasteiger partial charge in [0.05, 0.1) is 19.4 Å². The molecule has 0 atom stereocenters. The van der Waals surface area contributed by atoms with E-state index in [1.807, 2.05) is 0 Å². The zero-order valence-corrected chi connectivity index (χ0v) is 9.23. The minimum Gasteiger partial charge on any atom is -0.477 e. The normalized spacial score (nSPS) is 10.2. The van der Waals surface area contributed by atoms with Gasteiger partial charge in [0.15, 0.2) is 0 Å². The van der Waals surface area contributed by atoms with E-state index >= 15 is 0 Å². The second-order valence-electron chi connectivity index (χ2n) is 3.06. The molecule has 94 valence electrons. The summed E-state index contributed by atoms with van der Waals surface area (Å²) < 4.78 is 9.70. The minimum absolute atomic E-state index is 0.0397. The molecule has 0 fully saturated rings. The molecule has 0 aliphatic heterocycles. The number of carbonyl (C=O) groups excluding carboxylic acids is 1. The van der Waals surface area contributed by atoms with Crippen LogP contribution in [0.5, 0.6) is 0 Å². The molecule has 0 aliphatic rings. The molecule has 17 heavy (non-hydrogen) atoms. The number of aromatic amines is 1. The van der Waals surface area contributed by atoms with Gasteiger partial charge < -0.3 is 19.9 Å². The quantitative estimate of drug-likeness (QED) is 0.567. The standard InChI is InChI=1S/C9H13N3O5/c1-16-2-3-17-5-7(13)11-8-6(9(14)15)4-10-12-8/h4H,2-3,5H2,1H3,(H,14,15)(H2,10,11,12,13). The number of nitrogens with one attached hydrogen (secondary N) is 2. The molecule has 1 heterocycles. The summed E-state index contributed by atoms with van der Waals surface area (Å²) in [6.45, 7) is 0.498. The highest BCUT2D eigenvalue weighted by atomic mass is 16.5. The number of amides is 1. The van der Waals surface area contributed by atoms with Crippen molar-refractivity contribution in [1.82, 2.24) is 10.2 Å². The van der Waals surface area contributed by atoms with Crippen molar-refractivity contribution in [1.29, 1.82) is 0 Å². The van der Waals surface area contributed by atoms with Crippen LogP contribution in [0.4, 0.5) is 5.82 Å². The summed E-state index contributed by atoms with van der Waals surface area (Å²) in [7, 11) is 1.52. The lowest BCUT2D eigenvalue weighted by atomic mass is 10.3. The predicted molar refractivity (Wildman–Crippen MR) is 56.9 cm³/mol. The van der Waals surface area contributed by atoms with Gasteiger partial charge in [-0.25, -0.2) is 4.79 Å². The molecule has 0 radical (unpaired) electrons. The number of hydrogen-bond donors (Lipinski definition) is 3. The Morgan fingerprint density at radius 2 is 2.29 bits per heavy atom. The Kier molecular flexibility index (Phi) is 5.11. The molecule has 1 rings (SSSR count). The molecule has 0 saturated carbocycles. The van der Waals surface area contributed by atoms with E-state index in [4.69, 9.17) is 14.6 Å². The topological polar surface area (TPSA) is 114 Å². The molecule has 1 amide bonds. The zero-order valence-electron chi connectivity index (χ0n) is 9.23. The number of methoxy groups -OCH3 is 1. The number of carboxylic acids is 1. The van der Waals surface area contributed by atoms with E-state index in [9.17, 15) is 9.59 Å². The van der Waals surface area contributed by atoms with Crippen LogP contribution in [-0.4, -0.2) is 54.1 Å². The summed E-state index contributed by atoms with van der Waals surface area (Å²) in [5.41, 5.74) is -0.102. The van der Waals surface area contributed by atoms with Crippen molar-refractivity contribution in [2.45, 2.75) is 0 Å². The summed E-state index contributed by atoms with van der Waals surface area (Å²) in [6, 6.07) is 0. The van der Waals surface area contributed by atoms with Crippen LogP contribution in [0.25, 0.3) is 0 Å². The van der Waals surface area contributed by atoms with E-state index in [0.29, 0.717) is 13.2 Å². The van der Waals surface area contributed by atoms with Gasteiger partial charge in [0.1, 0.15) is 18.0 Å². The van der Waals surface area contributed by atoms with Crippen LogP contribution in [0.15, 0.2) is 6.20 Å². The number of ether oxygens (including phenoxy) is 2. The zero-order chi connectivity index (χ0) is 12.7. The van der Waals surface area contributed by atoms with Gasteiger partial charge in [-0.1, -0.05) is 0 Å². The third-order valence-corrected chi connectivity index (χ3v) is 1.80. The highest BCUT2D eigenvalue weighted by molar-refractivity contribution is 5.99. The number of aromatic carboxylic acids is 1. The number of anilines is 1. The van der Waals surface area contributed by atoms with Crippen molar-refractivity contribution in [2.75, 3.05) is 32.2 Å². The van der Waals surface area contributed by atoms with Crippen LogP contribution in [0.1, 0.15) is 10.4 Å². The van der Waals surface area contributed by atoms with Crippen molar-refractivity contribution in [3.8, 4) is 0 Å². The monoisotopic (exact) mass is 243 g/mol. The maximum absolute atomic E-state index is 11.3. The van der Waals surface area contributed by atoms with E-state index in [2.05, 4.69) is 15.5 Å². The lowest BCUT2D eigenvalue weighted by Crippen LogP contribution is -2.21. The Morgan fingerprint density at radius 1 is 1.53 bits per heavy atom. The number of nitrogens with zero attached hydrogens (tertiary/aromatic N) is 1. The van der Waals surface area contributed by atoms with Crippen molar-refractivity contribution in [3.05, 3.63) is 11.8 Å². The van der Waals surface area contributed by atoms with Gasteiger partial charge in [0, 0.05) is 7.11 Å². The largest absolute Gasteiger partial charge is 0.477 e. The summed E-state index contributed by atoms with van der Waals surface area (Å²) in [4.78, 5) is 22.0. The van der Waals surface area contributed by atoms with E-state index in [1.165, 1.54) is 7.11 Å². The lowest BCUT2D eigenvalue weighted by Gasteiger charge is -2.04. The Morgan fingerprint density at radius 3 is 2.94 bits per heavy atom. The van der Waals surface area contributed by atoms with Crippen molar-refractivity contribution in [3.63, 3.8) is 0 Å². The molecule has 0 bridgehead atoms. The van der Waals surface area contributed by atoms with E-state index in [0.717, 1.165) is 6.20 Å². The molecule has 3 N–H and O–H groups in total. The van der Waals surface area contributed by atoms with E-state index < -0.39 is 11.9 Å². The average molecular weight is 243 g/mol. The fourth-order valence-electron chi connectivity index (χ4n) is 1.03. The van der Waals surface area contributed by atoms with Crippen LogP contribution in [-0.2, 0) is 14.3 Å². The predicted octanol–water partition coefficient (Wildman–Crippen LogP) is -0.291. The summed E-state index contributed by atoms with van der Waals surface area (Å²) in [6.07, 6.45) is 1.11. The van der Waals surface area contributed by atoms with Gasteiger partial charge in [0.2, 0.25) is 0 Å². The minimum atomic E-state index is -1.17. The average Bonchev–Trinajstić information content (AvgIpc) is 2.72. The van der Waals surface area contributed by atoms with Crippen LogP contribution >= 0.6 is 0 Å². The smallest absolute Gasteiger partial charge is 0.341 e. The Bertz CT molecular complexity index is 390. The third kappa shape index (κ3) is 4.21. The van der Waals surface area contributed by atoms with Crippen LogP contribution in [0.3, 0.4) is 0 Å². The van der Waals surface area contributed by atoms with Gasteiger partial charge in [-0.05, 0) is 0 Å². The number of rotatable bonds is 7. The Balaban J connectivity index is 2.40. The van der Waals surface area contributed by atoms with Gasteiger partial charge in [-0.3, -0.25) is 9.89 Å². The number of carboxylic acid groups (broad SMARTS) is 1. The molecular formula is C9H13N3O5. The molecular weight excluding hydrogens is 230 g/mol. The summed E-state index contributed by atoms with van der Waals surface area (Å²) in [5, 5.41) is 17.0. The second-order valence-corrected chi connectivity index (χ2v) is 3.06. The second kappa shape index (κ2) is 6.61. The van der Waals surface area contributed by atoms with E-state index in [-0.39, 0.29) is 18.0 Å². The van der Waals surface area contributed by atoms with Crippen LogP contribution < -0.4 is 5.32 Å². The lowest BCUT2D eigenvalue weighted by molar-refractivity contribution is -0.121. The molecule has 8 heteroatoms. The van der Waals surface area contributed by atoms with Crippen LogP contribution in [0, 0.1) is 0 Å². The Hall–Kier alpha value is -1.93. The number of carbonyl (C=O) groups is 2. The molecule has 1 aromatic heterocycles. The maximum Gasteiger partial charge on any atom is 0.341 e. The van der Waals surface area contributed by atoms with Gasteiger partial charge in [-0.15, -0.1) is 0 Å². The summed E-state index contributed by atoms with van der Waals surface area (Å²) >= 11 is 0. The first-order valence-corrected chi connectivity index (χ1v) is 4.78. The first kappa shape index (κ1) is 13.1. The van der Waals surface area contributed by atoms with Gasteiger partial charge in [0.25, 0.3) is 5.91 Å². The Labute approximate surface area is 96.9 Å². The van der Waals surface area contributed by atoms with E-state index in [1.54, 1.807) is 0 Å². The molecule has 0 aliphatic carbocycles. The maximum atomic E-state index is 11.3. The number of hydrogen-bond acceptors (Lipinski definition) is 5. The first-order chi connectivity index (χ1) is 8.15. The molecule has 0 unspecified atom stereocenters. The SMILES string of the molecule is COCCOCC(=O)Nc1[nH]ncc1C(=O)O. The highest BCUT2D eigenvalue weighted by Crippen LogP contribution is 2.09. The first-order valence-electron chi connectivity index (χ1n) is 4.78. The van der Waals surface area contributed by atoms with Crippen molar-refractivity contribution < 1.29 is 24.2 Å². The number of aromatic nitrogens is 2. The highest BCUT2D eigenvalue weighted by Gasteiger charge is 2.14. The summed E-state index contributed by atoms with van der Waals surface area (Å²) in [5.74, 6) is -1.60. The number of H-pyrrole nitrogens is 1. The van der Waals surface area contributed by atoms with Crippen molar-refractivity contribution in [2.24, 2.45) is 0 Å². The fraction of sp³-hybridized carbons (Fsp3) is 0.444. The van der Waals surface area contributed by atoms with Gasteiger partial charge in [-0.2, -0.15) is 5.10 Å². The molecule has 1 aromatic rings. The molecule has 0 aromatic carbocycles. The van der Waals surface area contributed by atoms with Crippen LogP contribution in [0.2, 0.25) is 0 Å². The van der Waals surface area contributed by atoms with Crippen molar-refractivity contribution >= 4 is 17.7 Å². The molecule has 0 saturated heterocycles. The van der Waals surface area contributed by atoms with Gasteiger partial charge >= 0.3 is 5.97 Å².